The molecule has 0 fully saturated rings. The summed E-state index contributed by atoms with van der Waals surface area (Å²) in [6.45, 7) is 4.38. The maximum atomic E-state index is 10.6. The van der Waals surface area contributed by atoms with E-state index in [9.17, 15) is 4.79 Å². The Morgan fingerprint density at radius 3 is 2.39 bits per heavy atom. The van der Waals surface area contributed by atoms with Crippen LogP contribution in [0.3, 0.4) is 0 Å². The summed E-state index contributed by atoms with van der Waals surface area (Å²) in [7, 11) is 0. The molecule has 0 saturated carbocycles. The van der Waals surface area contributed by atoms with Gasteiger partial charge in [-0.25, -0.2) is 9.97 Å². The first-order valence-electron chi connectivity index (χ1n) is 7.36. The molecule has 6 nitrogen and oxygen atoms in total. The van der Waals surface area contributed by atoms with E-state index in [0.29, 0.717) is 29.5 Å². The lowest BCUT2D eigenvalue weighted by Gasteiger charge is -2.04. The Labute approximate surface area is 133 Å². The summed E-state index contributed by atoms with van der Waals surface area (Å²) in [6, 6.07) is 8.09. The molecule has 0 aliphatic heterocycles. The summed E-state index contributed by atoms with van der Waals surface area (Å²) < 4.78 is 5.30. The minimum absolute atomic E-state index is 0.123. The van der Waals surface area contributed by atoms with Gasteiger partial charge in [0.1, 0.15) is 0 Å². The van der Waals surface area contributed by atoms with Crippen molar-refractivity contribution in [2.75, 3.05) is 0 Å². The number of aldehydes is 1. The zero-order chi connectivity index (χ0) is 16.2. The molecule has 2 heterocycles. The second-order valence-electron chi connectivity index (χ2n) is 5.67. The molecule has 0 aliphatic rings. The van der Waals surface area contributed by atoms with Crippen LogP contribution in [0.4, 0.5) is 0 Å². The van der Waals surface area contributed by atoms with Crippen LogP contribution in [0.1, 0.15) is 30.0 Å². The van der Waals surface area contributed by atoms with E-state index in [2.05, 4.69) is 46.1 Å². The van der Waals surface area contributed by atoms with Crippen molar-refractivity contribution >= 4 is 6.29 Å². The Morgan fingerprint density at radius 1 is 1.09 bits per heavy atom. The Kier molecular flexibility index (Phi) is 4.23. The first-order chi connectivity index (χ1) is 11.2. The Hall–Kier alpha value is -2.89. The largest absolute Gasteiger partial charge is 0.334 e. The third-order valence-corrected chi connectivity index (χ3v) is 3.31. The number of hydrogen-bond donors (Lipinski definition) is 0. The summed E-state index contributed by atoms with van der Waals surface area (Å²) >= 11 is 0. The van der Waals surface area contributed by atoms with Crippen LogP contribution in [0.2, 0.25) is 0 Å². The first kappa shape index (κ1) is 15.0. The van der Waals surface area contributed by atoms with Crippen LogP contribution in [-0.2, 0) is 6.42 Å². The van der Waals surface area contributed by atoms with Gasteiger partial charge in [-0.15, -0.1) is 0 Å². The van der Waals surface area contributed by atoms with E-state index in [4.69, 9.17) is 4.52 Å². The lowest BCUT2D eigenvalue weighted by atomic mass is 10.0. The van der Waals surface area contributed by atoms with E-state index in [0.717, 1.165) is 12.0 Å². The predicted molar refractivity (Wildman–Crippen MR) is 84.7 cm³/mol. The lowest BCUT2D eigenvalue weighted by molar-refractivity contribution is 0.111. The van der Waals surface area contributed by atoms with Gasteiger partial charge in [-0.1, -0.05) is 31.1 Å². The number of carbonyl (C=O) groups is 1. The molecule has 23 heavy (non-hydrogen) atoms. The Morgan fingerprint density at radius 2 is 1.78 bits per heavy atom. The van der Waals surface area contributed by atoms with Crippen LogP contribution in [0, 0.1) is 5.92 Å². The van der Waals surface area contributed by atoms with Gasteiger partial charge < -0.3 is 4.52 Å². The third-order valence-electron chi connectivity index (χ3n) is 3.31. The van der Waals surface area contributed by atoms with E-state index in [-0.39, 0.29) is 5.82 Å². The van der Waals surface area contributed by atoms with Crippen LogP contribution in [-0.4, -0.2) is 26.4 Å². The van der Waals surface area contributed by atoms with Crippen LogP contribution >= 0.6 is 0 Å². The first-order valence-corrected chi connectivity index (χ1v) is 7.36. The van der Waals surface area contributed by atoms with Gasteiger partial charge in [-0.05, 0) is 30.0 Å². The van der Waals surface area contributed by atoms with Gasteiger partial charge in [0.15, 0.2) is 12.1 Å². The summed E-state index contributed by atoms with van der Waals surface area (Å²) in [5.74, 6) is 1.57. The van der Waals surface area contributed by atoms with Gasteiger partial charge in [0.05, 0.1) is 5.56 Å². The van der Waals surface area contributed by atoms with Gasteiger partial charge in [-0.3, -0.25) is 4.79 Å². The minimum Gasteiger partial charge on any atom is -0.334 e. The second-order valence-corrected chi connectivity index (χ2v) is 5.67. The summed E-state index contributed by atoms with van der Waals surface area (Å²) in [6.07, 6.45) is 4.62. The van der Waals surface area contributed by atoms with Gasteiger partial charge >= 0.3 is 0 Å². The lowest BCUT2D eigenvalue weighted by Crippen LogP contribution is -1.93. The molecule has 0 radical (unpaired) electrons. The monoisotopic (exact) mass is 308 g/mol. The van der Waals surface area contributed by atoms with Gasteiger partial charge in [-0.2, -0.15) is 4.98 Å². The van der Waals surface area contributed by atoms with E-state index in [1.54, 1.807) is 0 Å². The van der Waals surface area contributed by atoms with Crippen molar-refractivity contribution in [1.29, 1.82) is 0 Å². The molecule has 3 aromatic rings. The standard InChI is InChI=1S/C17H16N4O2/c1-11(2)7-12-3-5-13(6-4-12)17-20-16(21-23-17)14-8-18-15(10-22)19-9-14/h3-6,8-11H,7H2,1-2H3. The van der Waals surface area contributed by atoms with E-state index in [1.165, 1.54) is 18.0 Å². The normalized spacial score (nSPS) is 10.9. The molecule has 0 saturated heterocycles. The van der Waals surface area contributed by atoms with Crippen LogP contribution in [0.5, 0.6) is 0 Å². The highest BCUT2D eigenvalue weighted by molar-refractivity contribution is 5.69. The van der Waals surface area contributed by atoms with E-state index in [1.807, 2.05) is 12.1 Å². The van der Waals surface area contributed by atoms with Crippen molar-refractivity contribution in [2.24, 2.45) is 5.92 Å². The maximum Gasteiger partial charge on any atom is 0.258 e. The molecule has 2 aromatic heterocycles. The van der Waals surface area contributed by atoms with Crippen molar-refractivity contribution in [2.45, 2.75) is 20.3 Å². The predicted octanol–water partition coefficient (Wildman–Crippen LogP) is 3.20. The van der Waals surface area contributed by atoms with Crippen LogP contribution < -0.4 is 0 Å². The maximum absolute atomic E-state index is 10.6. The summed E-state index contributed by atoms with van der Waals surface area (Å²) in [5.41, 5.74) is 2.74. The fourth-order valence-corrected chi connectivity index (χ4v) is 2.23. The Bertz CT molecular complexity index is 792. The summed E-state index contributed by atoms with van der Waals surface area (Å²) in [4.78, 5) is 22.7. The van der Waals surface area contributed by atoms with Crippen LogP contribution in [0.25, 0.3) is 22.8 Å². The smallest absolute Gasteiger partial charge is 0.258 e. The third kappa shape index (κ3) is 3.48. The van der Waals surface area contributed by atoms with Crippen molar-refractivity contribution in [3.05, 3.63) is 48.0 Å². The zero-order valence-electron chi connectivity index (χ0n) is 12.9. The van der Waals surface area contributed by atoms with Gasteiger partial charge in [0.2, 0.25) is 5.82 Å². The molecule has 6 heteroatoms. The average Bonchev–Trinajstić information content (AvgIpc) is 3.05. The molecular formula is C17H16N4O2. The highest BCUT2D eigenvalue weighted by atomic mass is 16.5. The zero-order valence-corrected chi connectivity index (χ0v) is 12.9. The molecule has 0 atom stereocenters. The number of rotatable bonds is 5. The molecule has 0 aliphatic carbocycles. The number of carbonyl (C=O) groups excluding carboxylic acids is 1. The number of hydrogen-bond acceptors (Lipinski definition) is 6. The average molecular weight is 308 g/mol. The number of aromatic nitrogens is 4. The highest BCUT2D eigenvalue weighted by Gasteiger charge is 2.11. The molecule has 3 rings (SSSR count). The Balaban J connectivity index is 1.81. The summed E-state index contributed by atoms with van der Waals surface area (Å²) in [5, 5.41) is 3.93. The van der Waals surface area contributed by atoms with E-state index < -0.39 is 0 Å². The van der Waals surface area contributed by atoms with Crippen LogP contribution in [0.15, 0.2) is 41.2 Å². The number of nitrogens with zero attached hydrogens (tertiary/aromatic N) is 4. The molecule has 0 amide bonds. The van der Waals surface area contributed by atoms with E-state index >= 15 is 0 Å². The quantitative estimate of drug-likeness (QED) is 0.673. The van der Waals surface area contributed by atoms with Crippen molar-refractivity contribution < 1.29 is 9.32 Å². The second kappa shape index (κ2) is 6.48. The molecule has 1 aromatic carbocycles. The molecule has 0 spiro atoms. The topological polar surface area (TPSA) is 81.8 Å². The fourth-order valence-electron chi connectivity index (χ4n) is 2.23. The van der Waals surface area contributed by atoms with Gasteiger partial charge in [0.25, 0.3) is 5.89 Å². The molecule has 116 valence electrons. The van der Waals surface area contributed by atoms with Crippen molar-refractivity contribution in [3.8, 4) is 22.8 Å². The SMILES string of the molecule is CC(C)Cc1ccc(-c2nc(-c3cnc(C=O)nc3)no2)cc1. The number of benzene rings is 1. The highest BCUT2D eigenvalue weighted by Crippen LogP contribution is 2.22. The van der Waals surface area contributed by atoms with Gasteiger partial charge in [0, 0.05) is 18.0 Å². The molecule has 0 N–H and O–H groups in total. The molecular weight excluding hydrogens is 292 g/mol. The fraction of sp³-hybridized carbons (Fsp3) is 0.235. The van der Waals surface area contributed by atoms with Crippen molar-refractivity contribution in [1.82, 2.24) is 20.1 Å². The van der Waals surface area contributed by atoms with Crippen molar-refractivity contribution in [3.63, 3.8) is 0 Å². The molecule has 0 unspecified atom stereocenters. The molecule has 0 bridgehead atoms. The minimum atomic E-state index is 0.123.